The summed E-state index contributed by atoms with van der Waals surface area (Å²) in [6, 6.07) is 1.00. The first-order valence-electron chi connectivity index (χ1n) is 9.99. The van der Waals surface area contributed by atoms with Crippen molar-refractivity contribution in [2.45, 2.75) is 49.1 Å². The molecule has 16 heteroatoms. The summed E-state index contributed by atoms with van der Waals surface area (Å²) in [5.74, 6) is 0. The molecule has 1 unspecified atom stereocenters. The van der Waals surface area contributed by atoms with Crippen LogP contribution in [-0.4, -0.2) is 84.5 Å². The Labute approximate surface area is 205 Å². The van der Waals surface area contributed by atoms with Gasteiger partial charge in [-0.25, -0.2) is 9.36 Å². The van der Waals surface area contributed by atoms with Gasteiger partial charge in [0.1, 0.15) is 24.9 Å². The predicted molar refractivity (Wildman–Crippen MR) is 123 cm³/mol. The Balaban J connectivity index is 0.000000675. The maximum Gasteiger partial charge on any atom is 0.472 e. The summed E-state index contributed by atoms with van der Waals surface area (Å²) in [6.07, 6.45) is -4.88. The number of hydrogen-bond donors (Lipinski definition) is 4. The normalized spacial score (nSPS) is 24.9. The van der Waals surface area contributed by atoms with Crippen LogP contribution in [0.1, 0.15) is 27.0 Å². The molecule has 12 nitrogen and oxygen atoms in total. The number of aromatic amines is 1. The number of nitrogens with zero attached hydrogens (tertiary/aromatic N) is 2. The molecule has 0 spiro atoms. The van der Waals surface area contributed by atoms with Crippen molar-refractivity contribution in [2.75, 3.05) is 32.8 Å². The van der Waals surface area contributed by atoms with Gasteiger partial charge in [0.05, 0.1) is 6.61 Å². The molecule has 0 radical (unpaired) electrons. The van der Waals surface area contributed by atoms with Crippen LogP contribution < -0.4 is 11.2 Å². The highest BCUT2D eigenvalue weighted by molar-refractivity contribution is 7.47. The Morgan fingerprint density at radius 1 is 1.24 bits per heavy atom. The first kappa shape index (κ1) is 30.5. The number of halogens is 3. The molecule has 2 heterocycles. The number of H-pyrrole nitrogens is 1. The van der Waals surface area contributed by atoms with E-state index < -0.39 is 60.6 Å². The number of aliphatic hydroxyl groups excluding tert-OH is 2. The summed E-state index contributed by atoms with van der Waals surface area (Å²) in [4.78, 5) is 36.9. The third kappa shape index (κ3) is 9.95. The number of aromatic nitrogens is 2. The van der Waals surface area contributed by atoms with Crippen molar-refractivity contribution >= 4 is 42.6 Å². The van der Waals surface area contributed by atoms with E-state index in [0.717, 1.165) is 16.8 Å². The van der Waals surface area contributed by atoms with Crippen molar-refractivity contribution in [3.8, 4) is 0 Å². The molecule has 1 saturated heterocycles. The fraction of sp³-hybridized carbons (Fsp3) is 0.765. The molecule has 1 aliphatic heterocycles. The fourth-order valence-electron chi connectivity index (χ4n) is 2.86. The molecule has 0 aromatic carbocycles. The van der Waals surface area contributed by atoms with Crippen LogP contribution in [0.25, 0.3) is 0 Å². The van der Waals surface area contributed by atoms with Crippen LogP contribution in [0.4, 0.5) is 0 Å². The van der Waals surface area contributed by atoms with Crippen molar-refractivity contribution in [1.29, 1.82) is 0 Å². The maximum atomic E-state index is 11.9. The van der Waals surface area contributed by atoms with Crippen molar-refractivity contribution in [3.05, 3.63) is 33.1 Å². The van der Waals surface area contributed by atoms with Crippen LogP contribution in [0.2, 0.25) is 0 Å². The highest BCUT2D eigenvalue weighted by Gasteiger charge is 2.49. The van der Waals surface area contributed by atoms with E-state index >= 15 is 0 Å². The van der Waals surface area contributed by atoms with Gasteiger partial charge < -0.3 is 24.7 Å². The molecule has 1 fully saturated rings. The third-order valence-electron chi connectivity index (χ3n) is 4.60. The molecule has 0 aliphatic carbocycles. The van der Waals surface area contributed by atoms with Gasteiger partial charge in [-0.15, -0.1) is 0 Å². The Morgan fingerprint density at radius 3 is 2.24 bits per heavy atom. The zero-order chi connectivity index (χ0) is 25.4. The monoisotopic (exact) mass is 555 g/mol. The predicted octanol–water partition coefficient (Wildman–Crippen LogP) is 1.01. The number of phosphoric acid groups is 1. The van der Waals surface area contributed by atoms with Crippen LogP contribution in [0.3, 0.4) is 0 Å². The number of phosphoric ester groups is 1. The summed E-state index contributed by atoms with van der Waals surface area (Å²) < 4.78 is 25.4. The second-order valence-electron chi connectivity index (χ2n) is 6.80. The van der Waals surface area contributed by atoms with E-state index in [1.54, 1.807) is 0 Å². The van der Waals surface area contributed by atoms with E-state index in [1.807, 2.05) is 4.98 Å². The van der Waals surface area contributed by atoms with Gasteiger partial charge in [0, 0.05) is 12.3 Å². The van der Waals surface area contributed by atoms with Crippen LogP contribution in [0.15, 0.2) is 21.9 Å². The van der Waals surface area contributed by atoms with Gasteiger partial charge in [-0.05, 0) is 19.6 Å². The zero-order valence-electron chi connectivity index (χ0n) is 18.3. The van der Waals surface area contributed by atoms with Crippen molar-refractivity contribution in [1.82, 2.24) is 14.5 Å². The molecule has 5 atom stereocenters. The van der Waals surface area contributed by atoms with Gasteiger partial charge in [-0.3, -0.25) is 23.4 Å². The number of aliphatic hydroxyl groups is 2. The highest BCUT2D eigenvalue weighted by atomic mass is 35.6. The molecule has 1 aromatic rings. The Hall–Kier alpha value is -0.500. The zero-order valence-corrected chi connectivity index (χ0v) is 21.4. The van der Waals surface area contributed by atoms with Gasteiger partial charge in [-0.2, -0.15) is 0 Å². The first-order chi connectivity index (χ1) is 15.3. The Bertz CT molecular complexity index is 885. The number of rotatable bonds is 9. The quantitative estimate of drug-likeness (QED) is 0.255. The molecule has 0 saturated carbocycles. The average molecular weight is 557 g/mol. The number of nitrogens with one attached hydrogen (secondary N) is 1. The lowest BCUT2D eigenvalue weighted by Crippen LogP contribution is -2.38. The molecular weight excluding hydrogens is 528 g/mol. The standard InChI is InChI=1S/C11H14Cl3N2O9P.C6H15N/c12-11(13,14)4-23-26(21,22)25-8-5(3-17)24-9(7(8)19)16-2-1-6(18)15-10(16)20;1-4-7(5-2)6-3/h1-2,5,7-9,17,19H,3-4H2,(H,21,22)(H,15,18,20);4-6H2,1-3H3/t5-,7-,8-,9-;/m1./s1. The third-order valence-corrected chi connectivity index (χ3v) is 5.90. The van der Waals surface area contributed by atoms with Gasteiger partial charge >= 0.3 is 13.5 Å². The second-order valence-corrected chi connectivity index (χ2v) is 10.7. The summed E-state index contributed by atoms with van der Waals surface area (Å²) in [5, 5.41) is 19.7. The number of hydrogen-bond acceptors (Lipinski definition) is 9. The van der Waals surface area contributed by atoms with E-state index in [2.05, 4.69) is 30.2 Å². The lowest BCUT2D eigenvalue weighted by atomic mass is 10.1. The SMILES string of the molecule is CCN(CC)CC.O=c1ccn([C@@H]2O[C@H](CO)[C@@H](OP(=O)(O)OCC(Cl)(Cl)Cl)[C@H]2O)c(=O)[nH]1. The van der Waals surface area contributed by atoms with Crippen LogP contribution in [0.5, 0.6) is 0 Å². The Kier molecular flexibility index (Phi) is 12.5. The van der Waals surface area contributed by atoms with Crippen molar-refractivity contribution < 1.29 is 33.5 Å². The second kappa shape index (κ2) is 13.6. The van der Waals surface area contributed by atoms with Gasteiger partial charge in [-0.1, -0.05) is 55.6 Å². The van der Waals surface area contributed by atoms with Gasteiger partial charge in [0.2, 0.25) is 3.79 Å². The van der Waals surface area contributed by atoms with Crippen molar-refractivity contribution in [2.24, 2.45) is 0 Å². The summed E-state index contributed by atoms with van der Waals surface area (Å²) in [5.41, 5.74) is -1.58. The van der Waals surface area contributed by atoms with E-state index in [0.29, 0.717) is 0 Å². The number of alkyl halides is 3. The minimum absolute atomic E-state index is 0.676. The topological polar surface area (TPSA) is 164 Å². The molecule has 192 valence electrons. The molecule has 2 rings (SSSR count). The molecule has 1 aromatic heterocycles. The Morgan fingerprint density at radius 2 is 1.82 bits per heavy atom. The number of ether oxygens (including phenoxy) is 1. The first-order valence-corrected chi connectivity index (χ1v) is 12.6. The highest BCUT2D eigenvalue weighted by Crippen LogP contribution is 2.49. The lowest BCUT2D eigenvalue weighted by Gasteiger charge is -2.23. The van der Waals surface area contributed by atoms with Gasteiger partial charge in [0.25, 0.3) is 5.56 Å². The van der Waals surface area contributed by atoms with Gasteiger partial charge in [0.15, 0.2) is 6.23 Å². The van der Waals surface area contributed by atoms with E-state index in [4.69, 9.17) is 44.1 Å². The minimum Gasteiger partial charge on any atom is -0.394 e. The fourth-order valence-corrected chi connectivity index (χ4v) is 4.24. The summed E-state index contributed by atoms with van der Waals surface area (Å²) in [7, 11) is -4.81. The van der Waals surface area contributed by atoms with E-state index in [9.17, 15) is 29.3 Å². The largest absolute Gasteiger partial charge is 0.472 e. The van der Waals surface area contributed by atoms with E-state index in [-0.39, 0.29) is 0 Å². The molecule has 1 aliphatic rings. The van der Waals surface area contributed by atoms with Crippen LogP contribution in [-0.2, 0) is 18.3 Å². The molecule has 4 N–H and O–H groups in total. The van der Waals surface area contributed by atoms with Crippen LogP contribution in [0, 0.1) is 0 Å². The van der Waals surface area contributed by atoms with E-state index in [1.165, 1.54) is 19.6 Å². The molecular formula is C17H29Cl3N3O9P. The maximum absolute atomic E-state index is 11.9. The summed E-state index contributed by atoms with van der Waals surface area (Å²) in [6.45, 7) is 8.61. The molecule has 33 heavy (non-hydrogen) atoms. The lowest BCUT2D eigenvalue weighted by molar-refractivity contribution is -0.0550. The van der Waals surface area contributed by atoms with Crippen LogP contribution >= 0.6 is 42.6 Å². The summed E-state index contributed by atoms with van der Waals surface area (Å²) >= 11 is 16.2. The molecule has 0 bridgehead atoms. The average Bonchev–Trinajstić information content (AvgIpc) is 3.03. The molecule has 0 amide bonds. The smallest absolute Gasteiger partial charge is 0.394 e. The minimum atomic E-state index is -4.81. The van der Waals surface area contributed by atoms with Crippen molar-refractivity contribution in [3.63, 3.8) is 0 Å².